The van der Waals surface area contributed by atoms with Gasteiger partial charge in [0, 0.05) is 11.5 Å². The van der Waals surface area contributed by atoms with Crippen LogP contribution in [0.3, 0.4) is 0 Å². The molecule has 15 heavy (non-hydrogen) atoms. The lowest BCUT2D eigenvalue weighted by Gasteiger charge is -2.33. The van der Waals surface area contributed by atoms with Crippen molar-refractivity contribution in [1.29, 1.82) is 5.26 Å². The first kappa shape index (κ1) is 11.8. The van der Waals surface area contributed by atoms with Gasteiger partial charge in [0.05, 0.1) is 6.07 Å². The fourth-order valence-electron chi connectivity index (χ4n) is 2.25. The van der Waals surface area contributed by atoms with E-state index in [1.54, 1.807) is 0 Å². The van der Waals surface area contributed by atoms with Crippen molar-refractivity contribution < 1.29 is 0 Å². The van der Waals surface area contributed by atoms with Crippen LogP contribution in [0.4, 0.5) is 0 Å². The molecule has 0 saturated heterocycles. The fraction of sp³-hybridized carbons (Fsp3) is 0.500. The molecule has 1 heteroatoms. The highest BCUT2D eigenvalue weighted by atomic mass is 14.4. The van der Waals surface area contributed by atoms with Gasteiger partial charge in [-0.15, -0.1) is 0 Å². The Morgan fingerprint density at radius 2 is 2.20 bits per heavy atom. The van der Waals surface area contributed by atoms with Crippen LogP contribution in [0.5, 0.6) is 0 Å². The second-order valence-corrected chi connectivity index (χ2v) is 4.72. The van der Waals surface area contributed by atoms with Crippen LogP contribution in [0.25, 0.3) is 0 Å². The minimum Gasteiger partial charge on any atom is -0.193 e. The predicted molar refractivity (Wildman–Crippen MR) is 64.2 cm³/mol. The molecule has 0 amide bonds. The Kier molecular flexibility index (Phi) is 3.52. The number of rotatable bonds is 2. The molecule has 1 aliphatic carbocycles. The molecule has 1 atom stereocenters. The van der Waals surface area contributed by atoms with E-state index in [9.17, 15) is 5.26 Å². The first-order chi connectivity index (χ1) is 7.03. The van der Waals surface area contributed by atoms with E-state index in [0.29, 0.717) is 5.92 Å². The maximum atomic E-state index is 9.20. The van der Waals surface area contributed by atoms with Crippen molar-refractivity contribution in [2.45, 2.75) is 34.1 Å². The van der Waals surface area contributed by atoms with Crippen molar-refractivity contribution in [1.82, 2.24) is 0 Å². The number of hydrogen-bond acceptors (Lipinski definition) is 1. The Hall–Kier alpha value is -1.29. The van der Waals surface area contributed by atoms with Crippen LogP contribution in [-0.2, 0) is 0 Å². The van der Waals surface area contributed by atoms with Crippen molar-refractivity contribution in [3.8, 4) is 6.07 Å². The summed E-state index contributed by atoms with van der Waals surface area (Å²) in [7, 11) is 0. The molecule has 80 valence electrons. The van der Waals surface area contributed by atoms with E-state index in [0.717, 1.165) is 17.6 Å². The second-order valence-electron chi connectivity index (χ2n) is 4.72. The van der Waals surface area contributed by atoms with Crippen molar-refractivity contribution in [2.75, 3.05) is 0 Å². The highest BCUT2D eigenvalue weighted by Crippen LogP contribution is 2.39. The van der Waals surface area contributed by atoms with E-state index in [1.807, 2.05) is 13.8 Å². The molecule has 1 nitrogen and oxygen atoms in total. The minimum absolute atomic E-state index is 0.0613. The van der Waals surface area contributed by atoms with E-state index in [-0.39, 0.29) is 5.41 Å². The third kappa shape index (κ3) is 2.39. The van der Waals surface area contributed by atoms with Gasteiger partial charge in [-0.2, -0.15) is 5.26 Å². The Labute approximate surface area is 92.8 Å². The lowest BCUT2D eigenvalue weighted by atomic mass is 9.70. The first-order valence-electron chi connectivity index (χ1n) is 5.44. The molecular formula is C14H19N. The van der Waals surface area contributed by atoms with Gasteiger partial charge in [-0.25, -0.2) is 0 Å². The summed E-state index contributed by atoms with van der Waals surface area (Å²) in [6, 6.07) is 2.36. The average molecular weight is 201 g/mol. The minimum atomic E-state index is 0.0613. The van der Waals surface area contributed by atoms with Crippen LogP contribution in [0.15, 0.2) is 35.5 Å². The molecule has 0 aliphatic heterocycles. The molecular weight excluding hydrogens is 182 g/mol. The third-order valence-corrected chi connectivity index (χ3v) is 3.13. The fourth-order valence-corrected chi connectivity index (χ4v) is 2.25. The monoisotopic (exact) mass is 201 g/mol. The van der Waals surface area contributed by atoms with Gasteiger partial charge in [0.15, 0.2) is 0 Å². The van der Waals surface area contributed by atoms with Gasteiger partial charge >= 0.3 is 0 Å². The molecule has 0 spiro atoms. The molecule has 1 rings (SSSR count). The molecule has 0 radical (unpaired) electrons. The average Bonchev–Trinajstić information content (AvgIpc) is 2.17. The summed E-state index contributed by atoms with van der Waals surface area (Å²) in [5.41, 5.74) is 2.12. The van der Waals surface area contributed by atoms with Crippen LogP contribution in [0, 0.1) is 22.7 Å². The first-order valence-corrected chi connectivity index (χ1v) is 5.44. The molecule has 0 bridgehead atoms. The number of nitriles is 1. The van der Waals surface area contributed by atoms with E-state index in [4.69, 9.17) is 0 Å². The summed E-state index contributed by atoms with van der Waals surface area (Å²) in [5.74, 6) is 0.323. The molecule has 0 heterocycles. The van der Waals surface area contributed by atoms with Gasteiger partial charge < -0.3 is 0 Å². The zero-order valence-corrected chi connectivity index (χ0v) is 10.0. The van der Waals surface area contributed by atoms with Crippen molar-refractivity contribution in [3.63, 3.8) is 0 Å². The molecule has 0 aromatic rings. The topological polar surface area (TPSA) is 23.8 Å². The van der Waals surface area contributed by atoms with Gasteiger partial charge in [0.2, 0.25) is 0 Å². The van der Waals surface area contributed by atoms with E-state index >= 15 is 0 Å². The lowest BCUT2D eigenvalue weighted by Crippen LogP contribution is -2.24. The predicted octanol–water partition coefficient (Wildman–Crippen LogP) is 4.00. The molecule has 1 unspecified atom stereocenters. The molecule has 0 aromatic carbocycles. The quantitative estimate of drug-likeness (QED) is 0.619. The third-order valence-electron chi connectivity index (χ3n) is 3.13. The Balaban J connectivity index is 3.09. The largest absolute Gasteiger partial charge is 0.193 e. The summed E-state index contributed by atoms with van der Waals surface area (Å²) < 4.78 is 0. The van der Waals surface area contributed by atoms with Crippen LogP contribution in [0.2, 0.25) is 0 Å². The van der Waals surface area contributed by atoms with Crippen LogP contribution < -0.4 is 0 Å². The summed E-state index contributed by atoms with van der Waals surface area (Å²) in [6.45, 7) is 8.44. The van der Waals surface area contributed by atoms with E-state index in [1.165, 1.54) is 0 Å². The Bertz CT molecular complexity index is 361. The molecule has 0 N–H and O–H groups in total. The number of allylic oxidation sites excluding steroid dienone is 6. The summed E-state index contributed by atoms with van der Waals surface area (Å²) in [5, 5.41) is 9.20. The normalized spacial score (nSPS) is 22.2. The maximum Gasteiger partial charge on any atom is 0.0953 e. The summed E-state index contributed by atoms with van der Waals surface area (Å²) in [4.78, 5) is 0. The summed E-state index contributed by atoms with van der Waals surface area (Å²) >= 11 is 0. The molecule has 0 fully saturated rings. The highest BCUT2D eigenvalue weighted by molar-refractivity contribution is 5.40. The van der Waals surface area contributed by atoms with Gasteiger partial charge in [-0.05, 0) is 31.3 Å². The van der Waals surface area contributed by atoms with E-state index < -0.39 is 0 Å². The smallest absolute Gasteiger partial charge is 0.0953 e. The Morgan fingerprint density at radius 1 is 1.53 bits per heavy atom. The van der Waals surface area contributed by atoms with Crippen LogP contribution in [-0.4, -0.2) is 0 Å². The van der Waals surface area contributed by atoms with Gasteiger partial charge in [0.25, 0.3) is 0 Å². The molecule has 0 saturated carbocycles. The zero-order chi connectivity index (χ0) is 11.5. The molecule has 1 aliphatic rings. The van der Waals surface area contributed by atoms with Gasteiger partial charge in [0.1, 0.15) is 0 Å². The van der Waals surface area contributed by atoms with Gasteiger partial charge in [-0.3, -0.25) is 0 Å². The van der Waals surface area contributed by atoms with Crippen molar-refractivity contribution >= 4 is 0 Å². The van der Waals surface area contributed by atoms with Gasteiger partial charge in [-0.1, -0.05) is 38.2 Å². The second kappa shape index (κ2) is 4.49. The van der Waals surface area contributed by atoms with E-state index in [2.05, 4.69) is 44.2 Å². The molecule has 0 aromatic heterocycles. The van der Waals surface area contributed by atoms with Crippen LogP contribution >= 0.6 is 0 Å². The number of hydrogen-bond donors (Lipinski definition) is 0. The SMILES string of the molecule is CC=CC(C)(C)C1CC=CC(C)=C1C#N. The maximum absolute atomic E-state index is 9.20. The van der Waals surface area contributed by atoms with Crippen LogP contribution in [0.1, 0.15) is 34.1 Å². The Morgan fingerprint density at radius 3 is 2.73 bits per heavy atom. The zero-order valence-electron chi connectivity index (χ0n) is 10.0. The lowest BCUT2D eigenvalue weighted by molar-refractivity contribution is 0.331. The highest BCUT2D eigenvalue weighted by Gasteiger charge is 2.31. The number of nitrogens with zero attached hydrogens (tertiary/aromatic N) is 1. The standard InChI is InChI=1S/C14H19N/c1-5-9-14(3,4)13-8-6-7-11(2)12(13)10-15/h5-7,9,13H,8H2,1-4H3. The van der Waals surface area contributed by atoms with Crippen molar-refractivity contribution in [2.24, 2.45) is 11.3 Å². The summed E-state index contributed by atoms with van der Waals surface area (Å²) in [6.07, 6.45) is 9.47. The van der Waals surface area contributed by atoms with Crippen molar-refractivity contribution in [3.05, 3.63) is 35.5 Å².